The molecular weight excluding hydrogens is 296 g/mol. The van der Waals surface area contributed by atoms with E-state index in [2.05, 4.69) is 4.98 Å². The van der Waals surface area contributed by atoms with Gasteiger partial charge in [0.1, 0.15) is 16.7 Å². The monoisotopic (exact) mass is 309 g/mol. The fraction of sp³-hybridized carbons (Fsp3) is 0.143. The van der Waals surface area contributed by atoms with Gasteiger partial charge in [-0.15, -0.1) is 0 Å². The van der Waals surface area contributed by atoms with Crippen LogP contribution < -0.4 is 5.73 Å². The van der Waals surface area contributed by atoms with Crippen LogP contribution in [-0.2, 0) is 0 Å². The Kier molecular flexibility index (Phi) is 4.42. The molecule has 2 rings (SSSR count). The lowest BCUT2D eigenvalue weighted by atomic mass is 10.2. The van der Waals surface area contributed by atoms with Gasteiger partial charge in [0, 0.05) is 26.0 Å². The molecule has 0 aliphatic carbocycles. The molecule has 2 aromatic rings. The molecule has 0 aliphatic heterocycles. The van der Waals surface area contributed by atoms with E-state index in [-0.39, 0.29) is 16.5 Å². The van der Waals surface area contributed by atoms with E-state index < -0.39 is 11.6 Å². The fourth-order valence-corrected chi connectivity index (χ4v) is 2.37. The minimum absolute atomic E-state index is 0.0224. The topological polar surface area (TPSA) is 59.2 Å². The molecule has 0 spiro atoms. The number of nitrogen functional groups attached to an aromatic ring is 1. The van der Waals surface area contributed by atoms with Gasteiger partial charge in [0.05, 0.1) is 10.5 Å². The van der Waals surface area contributed by atoms with Crippen molar-refractivity contribution in [1.82, 2.24) is 9.88 Å². The van der Waals surface area contributed by atoms with E-state index in [9.17, 15) is 13.6 Å². The first-order valence-corrected chi connectivity index (χ1v) is 6.80. The third-order valence-electron chi connectivity index (χ3n) is 2.62. The number of hydrogen-bond acceptors (Lipinski definition) is 4. The zero-order valence-electron chi connectivity index (χ0n) is 11.4. The molecule has 0 unspecified atom stereocenters. The Hall–Kier alpha value is -2.15. The van der Waals surface area contributed by atoms with Gasteiger partial charge in [-0.05, 0) is 24.3 Å². The van der Waals surface area contributed by atoms with E-state index in [1.165, 1.54) is 17.2 Å². The molecule has 7 heteroatoms. The van der Waals surface area contributed by atoms with Crippen molar-refractivity contribution in [2.75, 3.05) is 19.8 Å². The van der Waals surface area contributed by atoms with Gasteiger partial charge >= 0.3 is 0 Å². The summed E-state index contributed by atoms with van der Waals surface area (Å²) < 4.78 is 27.4. The number of nitrogens with zero attached hydrogens (tertiary/aromatic N) is 2. The maximum atomic E-state index is 13.7. The van der Waals surface area contributed by atoms with Crippen LogP contribution in [0.4, 0.5) is 14.5 Å². The van der Waals surface area contributed by atoms with Crippen LogP contribution in [0.1, 0.15) is 10.4 Å². The normalized spacial score (nSPS) is 10.5. The van der Waals surface area contributed by atoms with Crippen molar-refractivity contribution in [3.05, 3.63) is 47.7 Å². The molecule has 1 aromatic carbocycles. The number of pyridine rings is 1. The average molecular weight is 309 g/mol. The smallest absolute Gasteiger partial charge is 0.254 e. The lowest BCUT2D eigenvalue weighted by Crippen LogP contribution is -2.21. The maximum absolute atomic E-state index is 13.7. The van der Waals surface area contributed by atoms with E-state index in [1.54, 1.807) is 20.2 Å². The highest BCUT2D eigenvalue weighted by Crippen LogP contribution is 2.32. The molecule has 4 nitrogen and oxygen atoms in total. The predicted octanol–water partition coefficient (Wildman–Crippen LogP) is 2.79. The summed E-state index contributed by atoms with van der Waals surface area (Å²) in [5.74, 6) is -1.68. The Morgan fingerprint density at radius 2 is 1.86 bits per heavy atom. The van der Waals surface area contributed by atoms with Crippen LogP contribution in [0.5, 0.6) is 0 Å². The van der Waals surface area contributed by atoms with Crippen molar-refractivity contribution in [1.29, 1.82) is 0 Å². The molecule has 0 saturated heterocycles. The van der Waals surface area contributed by atoms with E-state index in [0.717, 1.165) is 23.9 Å². The average Bonchev–Trinajstić information content (AvgIpc) is 2.42. The largest absolute Gasteiger partial charge is 0.399 e. The highest BCUT2D eigenvalue weighted by molar-refractivity contribution is 7.99. The molecule has 2 N–H and O–H groups in total. The number of anilines is 1. The van der Waals surface area contributed by atoms with Crippen LogP contribution in [0.3, 0.4) is 0 Å². The van der Waals surface area contributed by atoms with E-state index in [1.807, 2.05) is 0 Å². The van der Waals surface area contributed by atoms with Crippen molar-refractivity contribution in [3.63, 3.8) is 0 Å². The summed E-state index contributed by atoms with van der Waals surface area (Å²) in [5.41, 5.74) is 5.78. The number of benzene rings is 1. The molecule has 0 aliphatic rings. The molecule has 0 radical (unpaired) electrons. The van der Waals surface area contributed by atoms with Crippen molar-refractivity contribution < 1.29 is 13.6 Å². The van der Waals surface area contributed by atoms with E-state index >= 15 is 0 Å². The minimum Gasteiger partial charge on any atom is -0.399 e. The Bertz CT molecular complexity index is 651. The first-order chi connectivity index (χ1) is 9.88. The van der Waals surface area contributed by atoms with E-state index in [4.69, 9.17) is 5.73 Å². The third-order valence-corrected chi connectivity index (χ3v) is 3.66. The molecule has 0 saturated carbocycles. The number of carbonyl (C=O) groups is 1. The van der Waals surface area contributed by atoms with E-state index in [0.29, 0.717) is 10.6 Å². The number of amides is 1. The summed E-state index contributed by atoms with van der Waals surface area (Å²) >= 11 is 0.837. The van der Waals surface area contributed by atoms with Gasteiger partial charge in [-0.25, -0.2) is 13.8 Å². The van der Waals surface area contributed by atoms with Gasteiger partial charge in [0.25, 0.3) is 5.91 Å². The number of halogens is 2. The first-order valence-electron chi connectivity index (χ1n) is 5.98. The van der Waals surface area contributed by atoms with Gasteiger partial charge in [0.2, 0.25) is 0 Å². The van der Waals surface area contributed by atoms with Gasteiger partial charge < -0.3 is 10.6 Å². The summed E-state index contributed by atoms with van der Waals surface area (Å²) in [6.07, 6.45) is 1.37. The number of rotatable bonds is 3. The van der Waals surface area contributed by atoms with Crippen LogP contribution in [0.2, 0.25) is 0 Å². The van der Waals surface area contributed by atoms with Crippen molar-refractivity contribution >= 4 is 23.4 Å². The van der Waals surface area contributed by atoms with Crippen LogP contribution in [0.15, 0.2) is 40.4 Å². The van der Waals surface area contributed by atoms with Crippen molar-refractivity contribution in [2.24, 2.45) is 0 Å². The Balaban J connectivity index is 2.24. The standard InChI is InChI=1S/C14H13F2N3OS/c1-19(2)14(20)8-3-4-12(18-7-8)21-13-10(15)5-9(17)6-11(13)16/h3-7H,17H2,1-2H3. The summed E-state index contributed by atoms with van der Waals surface area (Å²) in [6.45, 7) is 0. The molecule has 0 bridgehead atoms. The predicted molar refractivity (Wildman–Crippen MR) is 77.1 cm³/mol. The summed E-state index contributed by atoms with van der Waals surface area (Å²) in [5, 5.41) is 0.382. The van der Waals surface area contributed by atoms with Crippen LogP contribution in [-0.4, -0.2) is 29.9 Å². The summed E-state index contributed by atoms with van der Waals surface area (Å²) in [4.78, 5) is 17.0. The Labute approximate surface area is 125 Å². The molecule has 1 amide bonds. The molecule has 1 aromatic heterocycles. The van der Waals surface area contributed by atoms with Gasteiger partial charge in [-0.2, -0.15) is 0 Å². The van der Waals surface area contributed by atoms with Gasteiger partial charge in [0.15, 0.2) is 0 Å². The highest BCUT2D eigenvalue weighted by Gasteiger charge is 2.14. The second-order valence-corrected chi connectivity index (χ2v) is 5.53. The molecule has 21 heavy (non-hydrogen) atoms. The Morgan fingerprint density at radius 3 is 2.33 bits per heavy atom. The molecule has 1 heterocycles. The second-order valence-electron chi connectivity index (χ2n) is 4.50. The number of carbonyl (C=O) groups excluding carboxylic acids is 1. The van der Waals surface area contributed by atoms with Gasteiger partial charge in [-0.3, -0.25) is 4.79 Å². The lowest BCUT2D eigenvalue weighted by molar-refractivity contribution is 0.0827. The first kappa shape index (κ1) is 15.2. The highest BCUT2D eigenvalue weighted by atomic mass is 32.2. The number of nitrogens with two attached hydrogens (primary N) is 1. The minimum atomic E-state index is -0.743. The quantitative estimate of drug-likeness (QED) is 0.886. The zero-order valence-corrected chi connectivity index (χ0v) is 12.2. The second kappa shape index (κ2) is 6.09. The molecule has 110 valence electrons. The summed E-state index contributed by atoms with van der Waals surface area (Å²) in [7, 11) is 3.26. The maximum Gasteiger partial charge on any atom is 0.254 e. The van der Waals surface area contributed by atoms with Crippen LogP contribution >= 0.6 is 11.8 Å². The number of aromatic nitrogens is 1. The summed E-state index contributed by atoms with van der Waals surface area (Å²) in [6, 6.07) is 5.20. The zero-order chi connectivity index (χ0) is 15.6. The van der Waals surface area contributed by atoms with Crippen LogP contribution in [0.25, 0.3) is 0 Å². The Morgan fingerprint density at radius 1 is 1.24 bits per heavy atom. The van der Waals surface area contributed by atoms with Crippen molar-refractivity contribution in [3.8, 4) is 0 Å². The SMILES string of the molecule is CN(C)C(=O)c1ccc(Sc2c(F)cc(N)cc2F)nc1. The molecular formula is C14H13F2N3OS. The lowest BCUT2D eigenvalue weighted by Gasteiger charge is -2.10. The van der Waals surface area contributed by atoms with Crippen molar-refractivity contribution in [2.45, 2.75) is 9.92 Å². The molecule has 0 fully saturated rings. The number of hydrogen-bond donors (Lipinski definition) is 1. The fourth-order valence-electron chi connectivity index (χ4n) is 1.61. The third kappa shape index (κ3) is 3.49. The van der Waals surface area contributed by atoms with Crippen LogP contribution in [0, 0.1) is 11.6 Å². The van der Waals surface area contributed by atoms with Gasteiger partial charge in [-0.1, -0.05) is 11.8 Å². The molecule has 0 atom stereocenters.